The minimum absolute atomic E-state index is 0.194. The van der Waals surface area contributed by atoms with Gasteiger partial charge in [-0.25, -0.2) is 0 Å². The van der Waals surface area contributed by atoms with Crippen LogP contribution in [0.3, 0.4) is 0 Å². The smallest absolute Gasteiger partial charge is 0.389 e. The lowest BCUT2D eigenvalue weighted by atomic mass is 9.78. The molecule has 1 unspecified atom stereocenters. The molecule has 0 aliphatic rings. The average Bonchev–Trinajstić information content (AvgIpc) is 2.04. The van der Waals surface area contributed by atoms with Crippen LogP contribution in [0, 0.1) is 5.41 Å². The average molecular weight is 357 g/mol. The molecule has 0 radical (unpaired) electrons. The van der Waals surface area contributed by atoms with Gasteiger partial charge in [-0.3, -0.25) is 0 Å². The van der Waals surface area contributed by atoms with Crippen LogP contribution in [0.1, 0.15) is 40.0 Å². The Labute approximate surface area is 137 Å². The summed E-state index contributed by atoms with van der Waals surface area (Å²) in [6.07, 6.45) is -3.90. The molecule has 0 aromatic heterocycles. The SMILES string of the molecule is CC(CCC(F)(F)F)(CC(C)(C)O[Si](C)(C)C)C[Si](C)(C)C. The molecule has 0 amide bonds. The van der Waals surface area contributed by atoms with Gasteiger partial charge in [0.25, 0.3) is 0 Å². The van der Waals surface area contributed by atoms with Crippen molar-refractivity contribution in [2.75, 3.05) is 0 Å². The summed E-state index contributed by atoms with van der Waals surface area (Å²) in [5.41, 5.74) is -0.687. The Morgan fingerprint density at radius 3 is 1.59 bits per heavy atom. The van der Waals surface area contributed by atoms with E-state index in [4.69, 9.17) is 4.43 Å². The minimum Gasteiger partial charge on any atom is -0.413 e. The third-order valence-corrected chi connectivity index (χ3v) is 6.48. The first-order valence-electron chi connectivity index (χ1n) is 8.10. The molecule has 0 saturated heterocycles. The number of hydrogen-bond acceptors (Lipinski definition) is 1. The highest BCUT2D eigenvalue weighted by atomic mass is 28.4. The molecule has 0 aromatic rings. The Kier molecular flexibility index (Phi) is 7.03. The van der Waals surface area contributed by atoms with Gasteiger partial charge in [0.2, 0.25) is 0 Å². The van der Waals surface area contributed by atoms with Gasteiger partial charge in [0, 0.05) is 14.5 Å². The molecular formula is C16H35F3OSi2. The first-order valence-corrected chi connectivity index (χ1v) is 15.2. The van der Waals surface area contributed by atoms with Crippen molar-refractivity contribution >= 4 is 16.4 Å². The summed E-state index contributed by atoms with van der Waals surface area (Å²) in [5.74, 6) is 0. The van der Waals surface area contributed by atoms with Crippen LogP contribution in [0.4, 0.5) is 13.2 Å². The van der Waals surface area contributed by atoms with E-state index in [0.717, 1.165) is 6.04 Å². The van der Waals surface area contributed by atoms with Gasteiger partial charge in [-0.1, -0.05) is 32.6 Å². The quantitative estimate of drug-likeness (QED) is 0.440. The molecule has 6 heteroatoms. The molecule has 0 spiro atoms. The van der Waals surface area contributed by atoms with Gasteiger partial charge < -0.3 is 4.43 Å². The first kappa shape index (κ1) is 22.2. The van der Waals surface area contributed by atoms with E-state index < -0.39 is 29.0 Å². The molecule has 22 heavy (non-hydrogen) atoms. The number of halogens is 3. The van der Waals surface area contributed by atoms with Gasteiger partial charge in [-0.2, -0.15) is 13.2 Å². The van der Waals surface area contributed by atoms with Crippen molar-refractivity contribution in [1.82, 2.24) is 0 Å². The number of rotatable bonds is 8. The zero-order valence-corrected chi connectivity index (χ0v) is 17.9. The third kappa shape index (κ3) is 11.7. The molecule has 134 valence electrons. The Hall–Kier alpha value is 0.184. The monoisotopic (exact) mass is 356 g/mol. The molecule has 0 aliphatic carbocycles. The van der Waals surface area contributed by atoms with E-state index in [0.29, 0.717) is 6.42 Å². The van der Waals surface area contributed by atoms with E-state index in [9.17, 15) is 13.2 Å². The molecule has 1 atom stereocenters. The van der Waals surface area contributed by atoms with Gasteiger partial charge in [0.05, 0.1) is 5.60 Å². The maximum Gasteiger partial charge on any atom is 0.389 e. The topological polar surface area (TPSA) is 9.23 Å². The van der Waals surface area contributed by atoms with E-state index >= 15 is 0 Å². The lowest BCUT2D eigenvalue weighted by Gasteiger charge is -2.43. The van der Waals surface area contributed by atoms with E-state index in [2.05, 4.69) is 39.3 Å². The lowest BCUT2D eigenvalue weighted by molar-refractivity contribution is -0.141. The van der Waals surface area contributed by atoms with Crippen molar-refractivity contribution in [3.05, 3.63) is 0 Å². The van der Waals surface area contributed by atoms with Crippen LogP contribution in [-0.4, -0.2) is 28.2 Å². The predicted molar refractivity (Wildman–Crippen MR) is 94.7 cm³/mol. The molecule has 0 heterocycles. The van der Waals surface area contributed by atoms with E-state index in [-0.39, 0.29) is 17.4 Å². The second-order valence-corrected chi connectivity index (χ2v) is 19.7. The van der Waals surface area contributed by atoms with Crippen LogP contribution < -0.4 is 0 Å². The zero-order valence-electron chi connectivity index (χ0n) is 15.9. The molecule has 1 nitrogen and oxygen atoms in total. The molecular weight excluding hydrogens is 321 g/mol. The largest absolute Gasteiger partial charge is 0.413 e. The fourth-order valence-corrected chi connectivity index (χ4v) is 8.45. The summed E-state index contributed by atoms with van der Waals surface area (Å²) in [5, 5.41) is 0. The van der Waals surface area contributed by atoms with Gasteiger partial charge >= 0.3 is 6.18 Å². The first-order chi connectivity index (χ1) is 9.33. The van der Waals surface area contributed by atoms with Crippen LogP contribution >= 0.6 is 0 Å². The summed E-state index contributed by atoms with van der Waals surface area (Å²) >= 11 is 0. The lowest BCUT2D eigenvalue weighted by Crippen LogP contribution is -2.43. The maximum atomic E-state index is 12.7. The highest BCUT2D eigenvalue weighted by molar-refractivity contribution is 6.76. The van der Waals surface area contributed by atoms with Crippen LogP contribution in [0.25, 0.3) is 0 Å². The predicted octanol–water partition coefficient (Wildman–Crippen LogP) is 6.69. The van der Waals surface area contributed by atoms with Crippen LogP contribution in [0.15, 0.2) is 0 Å². The fourth-order valence-electron chi connectivity index (χ4n) is 3.86. The van der Waals surface area contributed by atoms with Gasteiger partial charge in [-0.05, 0) is 51.7 Å². The van der Waals surface area contributed by atoms with E-state index in [1.54, 1.807) is 0 Å². The van der Waals surface area contributed by atoms with E-state index in [1.165, 1.54) is 0 Å². The molecule has 0 N–H and O–H groups in total. The van der Waals surface area contributed by atoms with Crippen LogP contribution in [0.5, 0.6) is 0 Å². The van der Waals surface area contributed by atoms with Gasteiger partial charge in [0.15, 0.2) is 8.32 Å². The van der Waals surface area contributed by atoms with Crippen molar-refractivity contribution in [3.8, 4) is 0 Å². The Morgan fingerprint density at radius 1 is 0.818 bits per heavy atom. The fraction of sp³-hybridized carbons (Fsp3) is 1.00. The van der Waals surface area contributed by atoms with Gasteiger partial charge in [-0.15, -0.1) is 0 Å². The standard InChI is InChI=1S/C16H35F3OSi2/c1-14(2,20-22(7,8)9)12-15(3,13-21(4,5)6)10-11-16(17,18)19/h10-13H2,1-9H3. The summed E-state index contributed by atoms with van der Waals surface area (Å²) in [4.78, 5) is 0. The summed E-state index contributed by atoms with van der Waals surface area (Å²) in [6, 6.07) is 0.897. The Bertz CT molecular complexity index is 354. The van der Waals surface area contributed by atoms with E-state index in [1.807, 2.05) is 20.8 Å². The maximum absolute atomic E-state index is 12.7. The van der Waals surface area contributed by atoms with Crippen molar-refractivity contribution in [2.24, 2.45) is 5.41 Å². The van der Waals surface area contributed by atoms with Crippen molar-refractivity contribution in [3.63, 3.8) is 0 Å². The van der Waals surface area contributed by atoms with Crippen molar-refractivity contribution < 1.29 is 17.6 Å². The Balaban J connectivity index is 5.15. The molecule has 0 bridgehead atoms. The van der Waals surface area contributed by atoms with Gasteiger partial charge in [0.1, 0.15) is 0 Å². The number of alkyl halides is 3. The summed E-state index contributed by atoms with van der Waals surface area (Å²) < 4.78 is 44.4. The summed E-state index contributed by atoms with van der Waals surface area (Å²) in [6.45, 7) is 19.1. The van der Waals surface area contributed by atoms with Crippen LogP contribution in [-0.2, 0) is 4.43 Å². The molecule has 0 rings (SSSR count). The molecule has 0 saturated carbocycles. The van der Waals surface area contributed by atoms with Crippen LogP contribution in [0.2, 0.25) is 45.3 Å². The zero-order chi connectivity index (χ0) is 18.0. The Morgan fingerprint density at radius 2 is 1.27 bits per heavy atom. The number of hydrogen-bond donors (Lipinski definition) is 0. The van der Waals surface area contributed by atoms with Crippen molar-refractivity contribution in [2.45, 2.75) is 97.1 Å². The second kappa shape index (κ2) is 6.97. The molecule has 0 aliphatic heterocycles. The highest BCUT2D eigenvalue weighted by Crippen LogP contribution is 2.44. The minimum atomic E-state index is -4.08. The normalized spacial score (nSPS) is 17.5. The van der Waals surface area contributed by atoms with Crippen molar-refractivity contribution in [1.29, 1.82) is 0 Å². The molecule has 0 aromatic carbocycles. The third-order valence-electron chi connectivity index (χ3n) is 3.40. The summed E-state index contributed by atoms with van der Waals surface area (Å²) in [7, 11) is -3.18. The highest BCUT2D eigenvalue weighted by Gasteiger charge is 2.41. The molecule has 0 fully saturated rings. The second-order valence-electron chi connectivity index (χ2n) is 9.81.